The molecule has 0 aliphatic carbocycles. The SMILES string of the molecule is CCC(CO)OC(CO)OC.CCC(CO)OC(COC(=O)CCCC(=O)NCCS)OC.CCC(CO)OC(COC(=O)CCCC(=O)O)OC.CCCO[C@H](C[C@H](C(C)C)N(CCC)C(=O)[C@@H](NC(=O)[C@H]1CCCCN1C)[C@@H](C)CC)c1nc(C(=O)N[C@@H](Cc2ccc(O)cc2)C[C@H](C)C(=O)OC(C)CNC(=O)CCCC(=O)OCC(OC)OC(C)CO)cs1. The average molecular weight is 1860 g/mol. The Labute approximate surface area is 761 Å². The molecular formula is C88H155N7O30S2. The van der Waals surface area contributed by atoms with Crippen molar-refractivity contribution in [2.45, 2.75) is 304 Å². The van der Waals surface area contributed by atoms with Gasteiger partial charge in [-0.15, -0.1) is 11.3 Å². The van der Waals surface area contributed by atoms with Crippen molar-refractivity contribution in [2.24, 2.45) is 17.8 Å². The number of likely N-dealkylation sites (tertiary alicyclic amines) is 1. The number of piperidine rings is 1. The Morgan fingerprint density at radius 1 is 0.606 bits per heavy atom. The number of thiazole rings is 1. The highest BCUT2D eigenvalue weighted by Gasteiger charge is 2.39. The third-order valence-corrected chi connectivity index (χ3v) is 21.4. The van der Waals surface area contributed by atoms with Crippen LogP contribution in [0.5, 0.6) is 5.75 Å². The second-order valence-corrected chi connectivity index (χ2v) is 32.5. The zero-order chi connectivity index (χ0) is 95.8. The number of hydrogen-bond donors (Lipinski definition) is 12. The van der Waals surface area contributed by atoms with E-state index in [2.05, 4.69) is 52.6 Å². The minimum absolute atomic E-state index is 0.0114. The number of aliphatic hydroxyl groups is 5. The highest BCUT2D eigenvalue weighted by molar-refractivity contribution is 7.80. The van der Waals surface area contributed by atoms with Crippen LogP contribution in [0.3, 0.4) is 0 Å². The average Bonchev–Trinajstić information content (AvgIpc) is 1.80. The van der Waals surface area contributed by atoms with Gasteiger partial charge in [0.1, 0.15) is 54.5 Å². The summed E-state index contributed by atoms with van der Waals surface area (Å²) < 4.78 is 68.5. The van der Waals surface area contributed by atoms with E-state index in [9.17, 15) is 53.1 Å². The first kappa shape index (κ1) is 120. The summed E-state index contributed by atoms with van der Waals surface area (Å²) in [5, 5.41) is 76.9. The van der Waals surface area contributed by atoms with Crippen LogP contribution in [0.4, 0.5) is 0 Å². The number of thiol groups is 1. The van der Waals surface area contributed by atoms with Gasteiger partial charge in [-0.3, -0.25) is 52.8 Å². The number of carbonyl (C=O) groups is 10. The second-order valence-electron chi connectivity index (χ2n) is 31.2. The number of esters is 4. The minimum atomic E-state index is -0.945. The number of benzene rings is 1. The Hall–Kier alpha value is -6.90. The van der Waals surface area contributed by atoms with Crippen molar-refractivity contribution < 1.29 is 145 Å². The van der Waals surface area contributed by atoms with E-state index >= 15 is 0 Å². The van der Waals surface area contributed by atoms with Crippen LogP contribution in [0.1, 0.15) is 239 Å². The Balaban J connectivity index is 0.00000244. The number of phenolic OH excluding ortho intramolecular Hbond substituents is 1. The van der Waals surface area contributed by atoms with Gasteiger partial charge in [-0.25, -0.2) is 4.98 Å². The van der Waals surface area contributed by atoms with Crippen molar-refractivity contribution in [1.82, 2.24) is 36.1 Å². The molecule has 5 amide bonds. The number of likely N-dealkylation sites (N-methyl/N-ethyl adjacent to an activating group) is 1. The summed E-state index contributed by atoms with van der Waals surface area (Å²) in [5.74, 6) is -4.08. The van der Waals surface area contributed by atoms with E-state index in [1.54, 1.807) is 50.4 Å². The number of aliphatic carboxylic acids is 1. The Morgan fingerprint density at radius 3 is 1.57 bits per heavy atom. The molecule has 1 aliphatic heterocycles. The summed E-state index contributed by atoms with van der Waals surface area (Å²) in [7, 11) is 7.66. The number of carboxylic acid groups (broad SMARTS) is 1. The Kier molecular flexibility index (Phi) is 68.8. The fourth-order valence-electron chi connectivity index (χ4n) is 12.4. The molecule has 0 saturated carbocycles. The summed E-state index contributed by atoms with van der Waals surface area (Å²) in [6.45, 7) is 24.2. The lowest BCUT2D eigenvalue weighted by Gasteiger charge is -2.40. The first-order chi connectivity index (χ1) is 60.6. The Morgan fingerprint density at radius 2 is 1.12 bits per heavy atom. The van der Waals surface area contributed by atoms with Gasteiger partial charge in [0.25, 0.3) is 5.91 Å². The van der Waals surface area contributed by atoms with Gasteiger partial charge < -0.3 is 123 Å². The number of nitrogens with zero attached hydrogens (tertiary/aromatic N) is 3. The van der Waals surface area contributed by atoms with Crippen LogP contribution in [-0.2, 0) is 111 Å². The third kappa shape index (κ3) is 53.9. The summed E-state index contributed by atoms with van der Waals surface area (Å²) in [5.41, 5.74) is 0.999. The number of carboxylic acids is 1. The normalized spacial score (nSPS) is 16.2. The molecule has 1 aromatic carbocycles. The molecule has 11 N–H and O–H groups in total. The number of aromatic hydroxyl groups is 1. The lowest BCUT2D eigenvalue weighted by Crippen LogP contribution is -2.58. The number of carbonyl (C=O) groups excluding carboxylic acids is 9. The predicted octanol–water partition coefficient (Wildman–Crippen LogP) is 7.27. The molecule has 0 radical (unpaired) electrons. The molecule has 16 atom stereocenters. The van der Waals surface area contributed by atoms with E-state index in [0.29, 0.717) is 81.8 Å². The number of hydrogen-bond acceptors (Lipinski definition) is 33. The zero-order valence-corrected chi connectivity index (χ0v) is 79.9. The topological polar surface area (TPSA) is 500 Å². The highest BCUT2D eigenvalue weighted by atomic mass is 32.1. The molecule has 2 heterocycles. The molecule has 0 spiro atoms. The standard InChI is InChI=1S/C55H90N6O13S.C14H27NO6S.C12H22O7.C7H16O4/c1-12-25-61(54(68)50(36(6)14-3)59-52(67)44-18-15-16-26-60(44)10)45(35(4)5)30-46(71-27-13-2)53-58-43(34-75-53)51(66)57-41(29-40-21-23-42(63)24-22-40)28-37(7)55(69)74-38(8)31-56-47(64)19-17-20-48(65)72-33-49(70-11)73-39(9)32-62;1-3-11(9-16)21-14(19-2)10-20-13(18)6-4-5-12(17)15-7-8-22;1-3-9(7-13)19-12(17-2)8-18-11(16)6-4-5-10(14)15;1-3-6(4-8)11-7(5-9)10-2/h21-24,34-39,41,44-46,49-50,62-63H,12-20,25-33H2,1-11H3,(H,56,64)(H,57,66)(H,59,67);11,14,16,22H,3-10H2,1-2H3,(H,15,17);9,12-13H,3-8H2,1-2H3,(H,14,15);6-9H,3-5H2,1-2H3/t36-,37-,38?,39?,41+,44+,45+,46+,49?,50-;;;/m0.../s1. The monoisotopic (exact) mass is 1850 g/mol. The minimum Gasteiger partial charge on any atom is -0.508 e. The van der Waals surface area contributed by atoms with Crippen LogP contribution in [0.25, 0.3) is 0 Å². The molecule has 1 fully saturated rings. The number of rotatable bonds is 65. The van der Waals surface area contributed by atoms with Gasteiger partial charge in [-0.2, -0.15) is 12.6 Å². The van der Waals surface area contributed by atoms with Gasteiger partial charge in [0.05, 0.1) is 76.0 Å². The second kappa shape index (κ2) is 72.8. The van der Waals surface area contributed by atoms with Crippen LogP contribution >= 0.6 is 24.0 Å². The van der Waals surface area contributed by atoms with Crippen molar-refractivity contribution in [3.05, 3.63) is 45.9 Å². The lowest BCUT2D eigenvalue weighted by molar-refractivity contribution is -0.194. The number of aromatic nitrogens is 1. The number of nitrogens with one attached hydrogen (secondary N) is 4. The maximum atomic E-state index is 14.8. The molecule has 37 nitrogen and oxygen atoms in total. The molecule has 39 heteroatoms. The van der Waals surface area contributed by atoms with Gasteiger partial charge in [0.15, 0.2) is 25.2 Å². The Bertz CT molecular complexity index is 3270. The third-order valence-electron chi connectivity index (χ3n) is 20.2. The quantitative estimate of drug-likeness (QED) is 0.0134. The van der Waals surface area contributed by atoms with E-state index < -0.39 is 97.2 Å². The molecule has 2 aromatic rings. The lowest BCUT2D eigenvalue weighted by atomic mass is 9.92. The fraction of sp³-hybridized carbons (Fsp3) is 0.784. The number of phenols is 1. The van der Waals surface area contributed by atoms with Crippen LogP contribution in [0, 0.1) is 17.8 Å². The smallest absolute Gasteiger partial charge is 0.309 e. The molecule has 734 valence electrons. The van der Waals surface area contributed by atoms with Gasteiger partial charge in [0, 0.05) is 116 Å². The molecule has 1 aliphatic rings. The number of aliphatic hydroxyl groups excluding tert-OH is 5. The maximum absolute atomic E-state index is 14.8. The van der Waals surface area contributed by atoms with E-state index in [1.165, 1.54) is 39.8 Å². The van der Waals surface area contributed by atoms with Crippen molar-refractivity contribution in [2.75, 3.05) is 127 Å². The number of methoxy groups -OCH3 is 4. The van der Waals surface area contributed by atoms with Crippen molar-refractivity contribution in [3.63, 3.8) is 0 Å². The van der Waals surface area contributed by atoms with E-state index in [1.807, 2.05) is 60.4 Å². The molecule has 9 unspecified atom stereocenters. The first-order valence-corrected chi connectivity index (χ1v) is 45.9. The van der Waals surface area contributed by atoms with Gasteiger partial charge in [-0.1, -0.05) is 94.2 Å². The van der Waals surface area contributed by atoms with Crippen LogP contribution in [-0.4, -0.2) is 317 Å². The molecule has 3 rings (SSSR count). The van der Waals surface area contributed by atoms with Gasteiger partial charge in [-0.05, 0) is 134 Å². The maximum Gasteiger partial charge on any atom is 0.309 e. The summed E-state index contributed by atoms with van der Waals surface area (Å²) in [4.78, 5) is 134. The molecular weight excluding hydrogens is 1700 g/mol. The summed E-state index contributed by atoms with van der Waals surface area (Å²) >= 11 is 5.29. The summed E-state index contributed by atoms with van der Waals surface area (Å²) in [6.07, 6.45) is 3.59. The number of ether oxygens (including phenoxy) is 13. The van der Waals surface area contributed by atoms with Crippen LogP contribution in [0.15, 0.2) is 29.6 Å². The fourth-order valence-corrected chi connectivity index (χ4v) is 13.3. The largest absolute Gasteiger partial charge is 0.508 e. The van der Waals surface area contributed by atoms with Gasteiger partial charge in [0.2, 0.25) is 23.6 Å². The van der Waals surface area contributed by atoms with Crippen molar-refractivity contribution in [1.29, 1.82) is 0 Å². The predicted molar refractivity (Wildman–Crippen MR) is 477 cm³/mol. The number of amides is 5. The highest BCUT2D eigenvalue weighted by Crippen LogP contribution is 2.33. The van der Waals surface area contributed by atoms with Gasteiger partial charge >= 0.3 is 29.8 Å². The van der Waals surface area contributed by atoms with E-state index in [0.717, 1.165) is 37.8 Å². The van der Waals surface area contributed by atoms with Crippen molar-refractivity contribution >= 4 is 83.3 Å². The van der Waals surface area contributed by atoms with E-state index in [-0.39, 0.29) is 194 Å². The zero-order valence-electron chi connectivity index (χ0n) is 78.2. The molecule has 1 saturated heterocycles. The first-order valence-electron chi connectivity index (χ1n) is 44.4. The molecule has 1 aromatic heterocycles. The molecule has 127 heavy (non-hydrogen) atoms. The summed E-state index contributed by atoms with van der Waals surface area (Å²) in [6, 6.07) is 4.82. The molecule has 0 bridgehead atoms. The van der Waals surface area contributed by atoms with Crippen molar-refractivity contribution in [3.8, 4) is 5.75 Å². The van der Waals surface area contributed by atoms with Crippen LogP contribution in [0.2, 0.25) is 0 Å². The van der Waals surface area contributed by atoms with E-state index in [4.69, 9.17) is 97.2 Å². The van der Waals surface area contributed by atoms with Crippen LogP contribution < -0.4 is 21.3 Å².